The molecule has 0 amide bonds. The van der Waals surface area contributed by atoms with Gasteiger partial charge in [0.25, 0.3) is 0 Å². The number of hydrogen-bond donors (Lipinski definition) is 2. The second-order valence-corrected chi connectivity index (χ2v) is 6.41. The fraction of sp³-hybridized carbons (Fsp3) is 0.632. The minimum absolute atomic E-state index is 0.456. The van der Waals surface area contributed by atoms with Gasteiger partial charge >= 0.3 is 0 Å². The van der Waals surface area contributed by atoms with Crippen molar-refractivity contribution in [2.24, 2.45) is 4.99 Å². The Hall–Kier alpha value is -2.31. The van der Waals surface area contributed by atoms with Crippen LogP contribution in [-0.2, 0) is 13.0 Å². The lowest BCUT2D eigenvalue weighted by molar-refractivity contribution is 0.372. The minimum Gasteiger partial charge on any atom is -0.361 e. The third kappa shape index (κ3) is 5.34. The number of aromatic nitrogens is 2. The molecule has 7 nitrogen and oxygen atoms in total. The van der Waals surface area contributed by atoms with Crippen molar-refractivity contribution < 1.29 is 9.05 Å². The molecule has 2 N–H and O–H groups in total. The lowest BCUT2D eigenvalue weighted by Gasteiger charge is -2.10. The quantitative estimate of drug-likeness (QED) is 0.525. The summed E-state index contributed by atoms with van der Waals surface area (Å²) >= 11 is 0. The second-order valence-electron chi connectivity index (χ2n) is 6.41. The molecule has 0 spiro atoms. The van der Waals surface area contributed by atoms with Crippen molar-refractivity contribution in [1.82, 2.24) is 20.9 Å². The molecule has 7 heteroatoms. The molecule has 0 aliphatic heterocycles. The van der Waals surface area contributed by atoms with Gasteiger partial charge in [-0.1, -0.05) is 24.2 Å². The number of guanidine groups is 1. The van der Waals surface area contributed by atoms with Gasteiger partial charge in [-0.2, -0.15) is 0 Å². The van der Waals surface area contributed by atoms with Crippen molar-refractivity contribution in [2.45, 2.75) is 66.3 Å². The maximum Gasteiger partial charge on any atom is 0.191 e. The summed E-state index contributed by atoms with van der Waals surface area (Å²) in [6.07, 6.45) is 2.97. The number of nitrogens with one attached hydrogen (secondary N) is 2. The Morgan fingerprint density at radius 3 is 2.50 bits per heavy atom. The molecule has 0 bridgehead atoms. The van der Waals surface area contributed by atoms with Crippen LogP contribution < -0.4 is 10.6 Å². The molecule has 26 heavy (non-hydrogen) atoms. The van der Waals surface area contributed by atoms with Gasteiger partial charge in [0.15, 0.2) is 11.7 Å². The van der Waals surface area contributed by atoms with E-state index in [0.717, 1.165) is 66.8 Å². The van der Waals surface area contributed by atoms with Gasteiger partial charge in [-0.25, -0.2) is 4.99 Å². The highest BCUT2D eigenvalue weighted by atomic mass is 16.5. The monoisotopic (exact) mass is 361 g/mol. The van der Waals surface area contributed by atoms with Crippen molar-refractivity contribution >= 4 is 5.96 Å². The predicted octanol–water partition coefficient (Wildman–Crippen LogP) is 3.48. The largest absolute Gasteiger partial charge is 0.361 e. The van der Waals surface area contributed by atoms with Gasteiger partial charge in [0.2, 0.25) is 0 Å². The zero-order valence-electron chi connectivity index (χ0n) is 16.6. The zero-order chi connectivity index (χ0) is 18.9. The van der Waals surface area contributed by atoms with Crippen molar-refractivity contribution in [1.29, 1.82) is 0 Å². The minimum atomic E-state index is 0.456. The van der Waals surface area contributed by atoms with Crippen LogP contribution in [0.15, 0.2) is 20.1 Å². The molecule has 0 fully saturated rings. The van der Waals surface area contributed by atoms with E-state index in [2.05, 4.69) is 39.8 Å². The fourth-order valence-electron chi connectivity index (χ4n) is 2.97. The van der Waals surface area contributed by atoms with E-state index in [1.807, 2.05) is 26.8 Å². The zero-order valence-corrected chi connectivity index (χ0v) is 16.6. The van der Waals surface area contributed by atoms with E-state index < -0.39 is 0 Å². The van der Waals surface area contributed by atoms with Gasteiger partial charge in [0, 0.05) is 30.6 Å². The van der Waals surface area contributed by atoms with Gasteiger partial charge in [0.1, 0.15) is 12.3 Å². The molecule has 2 aromatic heterocycles. The summed E-state index contributed by atoms with van der Waals surface area (Å²) in [5.74, 6) is 2.88. The number of aliphatic imine (C=N–C) groups is 1. The van der Waals surface area contributed by atoms with Gasteiger partial charge < -0.3 is 19.7 Å². The molecule has 0 saturated carbocycles. The maximum absolute atomic E-state index is 5.44. The van der Waals surface area contributed by atoms with Crippen molar-refractivity contribution in [2.75, 3.05) is 13.1 Å². The van der Waals surface area contributed by atoms with Gasteiger partial charge in [-0.15, -0.1) is 0 Å². The smallest absolute Gasteiger partial charge is 0.191 e. The SMILES string of the molecule is CCNC(=NCc1cc(C(CC)CC)no1)NCCc1c(C)noc1C. The third-order valence-electron chi connectivity index (χ3n) is 4.57. The summed E-state index contributed by atoms with van der Waals surface area (Å²) in [7, 11) is 0. The normalized spacial score (nSPS) is 12.0. The van der Waals surface area contributed by atoms with E-state index in [1.54, 1.807) is 0 Å². The van der Waals surface area contributed by atoms with E-state index >= 15 is 0 Å². The summed E-state index contributed by atoms with van der Waals surface area (Å²) in [6.45, 7) is 12.3. The Kier molecular flexibility index (Phi) is 7.69. The molecule has 0 saturated heterocycles. The number of nitrogens with zero attached hydrogens (tertiary/aromatic N) is 3. The molecular weight excluding hydrogens is 330 g/mol. The fourth-order valence-corrected chi connectivity index (χ4v) is 2.97. The molecule has 2 heterocycles. The van der Waals surface area contributed by atoms with E-state index in [-0.39, 0.29) is 0 Å². The third-order valence-corrected chi connectivity index (χ3v) is 4.57. The Labute approximate surface area is 155 Å². The van der Waals surface area contributed by atoms with Crippen molar-refractivity contribution in [3.63, 3.8) is 0 Å². The van der Waals surface area contributed by atoms with E-state index in [4.69, 9.17) is 9.05 Å². The Morgan fingerprint density at radius 2 is 1.88 bits per heavy atom. The van der Waals surface area contributed by atoms with Crippen LogP contribution in [0.2, 0.25) is 0 Å². The maximum atomic E-state index is 5.44. The molecule has 0 aromatic carbocycles. The van der Waals surface area contributed by atoms with Crippen molar-refractivity contribution in [3.05, 3.63) is 34.5 Å². The summed E-state index contributed by atoms with van der Waals surface area (Å²) in [5.41, 5.74) is 3.12. The molecule has 0 atom stereocenters. The highest BCUT2D eigenvalue weighted by Gasteiger charge is 2.13. The number of hydrogen-bond acceptors (Lipinski definition) is 5. The first-order valence-corrected chi connectivity index (χ1v) is 9.48. The van der Waals surface area contributed by atoms with Crippen LogP contribution in [0.3, 0.4) is 0 Å². The molecule has 0 aliphatic rings. The predicted molar refractivity (Wildman–Crippen MR) is 102 cm³/mol. The summed E-state index contributed by atoms with van der Waals surface area (Å²) in [6, 6.07) is 2.02. The Balaban J connectivity index is 1.92. The topological polar surface area (TPSA) is 88.5 Å². The summed E-state index contributed by atoms with van der Waals surface area (Å²) in [4.78, 5) is 4.59. The first-order chi connectivity index (χ1) is 12.6. The summed E-state index contributed by atoms with van der Waals surface area (Å²) < 4.78 is 10.6. The first-order valence-electron chi connectivity index (χ1n) is 9.48. The van der Waals surface area contributed by atoms with Gasteiger partial charge in [-0.3, -0.25) is 0 Å². The highest BCUT2D eigenvalue weighted by molar-refractivity contribution is 5.79. The van der Waals surface area contributed by atoms with Crippen LogP contribution in [0.4, 0.5) is 0 Å². The standard InChI is InChI=1S/C19H31N5O2/c1-6-15(7-2)18-11-16(26-24-18)12-22-19(20-8-3)21-10-9-17-13(4)23-25-14(17)5/h11,15H,6-10,12H2,1-5H3,(H2,20,21,22). The molecule has 0 aliphatic carbocycles. The summed E-state index contributed by atoms with van der Waals surface area (Å²) in [5, 5.41) is 14.8. The molecule has 2 aromatic rings. The first kappa shape index (κ1) is 20.0. The van der Waals surface area contributed by atoms with E-state index in [0.29, 0.717) is 12.5 Å². The van der Waals surface area contributed by atoms with E-state index in [1.165, 1.54) is 0 Å². The molecular formula is C19H31N5O2. The molecule has 2 rings (SSSR count). The van der Waals surface area contributed by atoms with Gasteiger partial charge in [0.05, 0.1) is 11.4 Å². The van der Waals surface area contributed by atoms with Gasteiger partial charge in [-0.05, 0) is 40.0 Å². The molecule has 0 unspecified atom stereocenters. The molecule has 0 radical (unpaired) electrons. The van der Waals surface area contributed by atoms with Crippen LogP contribution in [0.25, 0.3) is 0 Å². The van der Waals surface area contributed by atoms with Crippen LogP contribution >= 0.6 is 0 Å². The second kappa shape index (κ2) is 9.99. The van der Waals surface area contributed by atoms with Crippen LogP contribution in [0.5, 0.6) is 0 Å². The Bertz CT molecular complexity index is 681. The average Bonchev–Trinajstić information content (AvgIpc) is 3.22. The van der Waals surface area contributed by atoms with E-state index in [9.17, 15) is 0 Å². The highest BCUT2D eigenvalue weighted by Crippen LogP contribution is 2.22. The van der Waals surface area contributed by atoms with Crippen LogP contribution in [0.1, 0.15) is 68.0 Å². The lowest BCUT2D eigenvalue weighted by Crippen LogP contribution is -2.38. The lowest BCUT2D eigenvalue weighted by atomic mass is 9.99. The molecule has 144 valence electrons. The van der Waals surface area contributed by atoms with Crippen LogP contribution in [-0.4, -0.2) is 29.4 Å². The average molecular weight is 361 g/mol. The van der Waals surface area contributed by atoms with Crippen LogP contribution in [0, 0.1) is 13.8 Å². The number of rotatable bonds is 9. The number of aryl methyl sites for hydroxylation is 2. The Morgan fingerprint density at radius 1 is 1.12 bits per heavy atom. The van der Waals surface area contributed by atoms with Crippen molar-refractivity contribution in [3.8, 4) is 0 Å².